The molecule has 1 amide bonds. The Bertz CT molecular complexity index is 446. The summed E-state index contributed by atoms with van der Waals surface area (Å²) in [5.41, 5.74) is 0.865. The molecule has 2 rings (SSSR count). The molecular weight excluding hydrogens is 268 g/mol. The molecule has 1 aromatic rings. The maximum Gasteiger partial charge on any atom is 0.221 e. The first-order chi connectivity index (χ1) is 9.58. The van der Waals surface area contributed by atoms with Gasteiger partial charge in [0.2, 0.25) is 5.91 Å². The fourth-order valence-electron chi connectivity index (χ4n) is 2.78. The first kappa shape index (κ1) is 15.4. The van der Waals surface area contributed by atoms with Crippen molar-refractivity contribution in [2.45, 2.75) is 49.3 Å². The van der Waals surface area contributed by atoms with Gasteiger partial charge in [-0.2, -0.15) is 0 Å². The van der Waals surface area contributed by atoms with Crippen LogP contribution >= 0.6 is 11.8 Å². The number of benzene rings is 1. The molecule has 3 unspecified atom stereocenters. The van der Waals surface area contributed by atoms with Gasteiger partial charge >= 0.3 is 0 Å². The minimum absolute atomic E-state index is 0.0262. The summed E-state index contributed by atoms with van der Waals surface area (Å²) in [4.78, 5) is 12.3. The van der Waals surface area contributed by atoms with E-state index in [-0.39, 0.29) is 5.91 Å². The molecule has 1 aliphatic carbocycles. The van der Waals surface area contributed by atoms with E-state index in [1.54, 1.807) is 0 Å². The lowest BCUT2D eigenvalue weighted by Gasteiger charge is -2.34. The molecule has 0 saturated heterocycles. The normalized spacial score (nSPS) is 26.2. The molecule has 0 aromatic heterocycles. The number of hydrogen-bond acceptors (Lipinski definition) is 3. The van der Waals surface area contributed by atoms with Crippen molar-refractivity contribution in [3.8, 4) is 0 Å². The Labute approximate surface area is 125 Å². The number of anilines is 1. The van der Waals surface area contributed by atoms with Gasteiger partial charge in [-0.05, 0) is 56.5 Å². The van der Waals surface area contributed by atoms with Gasteiger partial charge in [0.15, 0.2) is 0 Å². The molecule has 1 aliphatic rings. The van der Waals surface area contributed by atoms with Gasteiger partial charge in [0.05, 0.1) is 0 Å². The van der Waals surface area contributed by atoms with Crippen LogP contribution in [0.3, 0.4) is 0 Å². The molecule has 110 valence electrons. The third-order valence-corrected chi connectivity index (χ3v) is 5.25. The first-order valence-electron chi connectivity index (χ1n) is 7.30. The van der Waals surface area contributed by atoms with Crippen LogP contribution in [0, 0.1) is 5.92 Å². The Kier molecular flexibility index (Phi) is 5.49. The van der Waals surface area contributed by atoms with Gasteiger partial charge in [0.1, 0.15) is 0 Å². The van der Waals surface area contributed by atoms with Crippen molar-refractivity contribution in [2.24, 2.45) is 5.92 Å². The molecule has 1 saturated carbocycles. The summed E-state index contributed by atoms with van der Waals surface area (Å²) in [6.45, 7) is 3.88. The highest BCUT2D eigenvalue weighted by Gasteiger charge is 2.28. The molecule has 4 heteroatoms. The van der Waals surface area contributed by atoms with Crippen molar-refractivity contribution in [1.29, 1.82) is 0 Å². The minimum atomic E-state index is -0.0262. The molecule has 1 fully saturated rings. The van der Waals surface area contributed by atoms with Crippen LogP contribution in [0.25, 0.3) is 0 Å². The highest BCUT2D eigenvalue weighted by atomic mass is 32.2. The molecule has 2 N–H and O–H groups in total. The number of hydrogen-bond donors (Lipinski definition) is 2. The Morgan fingerprint density at radius 1 is 1.25 bits per heavy atom. The molecular formula is C16H24N2OS. The average molecular weight is 292 g/mol. The maximum atomic E-state index is 11.0. The lowest BCUT2D eigenvalue weighted by molar-refractivity contribution is -0.114. The lowest BCUT2D eigenvalue weighted by Crippen LogP contribution is -2.40. The van der Waals surface area contributed by atoms with Crippen LogP contribution in [-0.4, -0.2) is 24.2 Å². The SMILES string of the molecule is CNC1CCC(C)CC1Sc1ccc(NC(C)=O)cc1. The summed E-state index contributed by atoms with van der Waals surface area (Å²) in [6.07, 6.45) is 3.85. The topological polar surface area (TPSA) is 41.1 Å². The van der Waals surface area contributed by atoms with E-state index in [4.69, 9.17) is 0 Å². The molecule has 0 bridgehead atoms. The van der Waals surface area contributed by atoms with E-state index in [0.717, 1.165) is 11.6 Å². The van der Waals surface area contributed by atoms with Gasteiger partial charge in [0, 0.05) is 28.8 Å². The van der Waals surface area contributed by atoms with Crippen molar-refractivity contribution in [3.63, 3.8) is 0 Å². The van der Waals surface area contributed by atoms with Crippen molar-refractivity contribution in [2.75, 3.05) is 12.4 Å². The third-order valence-electron chi connectivity index (χ3n) is 3.89. The maximum absolute atomic E-state index is 11.0. The van der Waals surface area contributed by atoms with Crippen LogP contribution in [0.1, 0.15) is 33.1 Å². The van der Waals surface area contributed by atoms with Gasteiger partial charge in [-0.15, -0.1) is 11.8 Å². The highest BCUT2D eigenvalue weighted by Crippen LogP contribution is 2.36. The van der Waals surface area contributed by atoms with Gasteiger partial charge in [0.25, 0.3) is 0 Å². The fourth-order valence-corrected chi connectivity index (χ4v) is 4.29. The standard InChI is InChI=1S/C16H24N2OS/c1-11-4-9-15(17-3)16(10-11)20-14-7-5-13(6-8-14)18-12(2)19/h5-8,11,15-17H,4,9-10H2,1-3H3,(H,18,19). The van der Waals surface area contributed by atoms with Crippen LogP contribution in [0.4, 0.5) is 5.69 Å². The first-order valence-corrected chi connectivity index (χ1v) is 8.18. The Morgan fingerprint density at radius 3 is 2.55 bits per heavy atom. The van der Waals surface area contributed by atoms with E-state index >= 15 is 0 Å². The number of carbonyl (C=O) groups excluding carboxylic acids is 1. The molecule has 1 aromatic carbocycles. The van der Waals surface area contributed by atoms with Crippen LogP contribution < -0.4 is 10.6 Å². The van der Waals surface area contributed by atoms with E-state index in [1.807, 2.05) is 23.9 Å². The van der Waals surface area contributed by atoms with Crippen LogP contribution in [-0.2, 0) is 4.79 Å². The summed E-state index contributed by atoms with van der Waals surface area (Å²) in [7, 11) is 2.06. The smallest absolute Gasteiger partial charge is 0.221 e. The van der Waals surface area contributed by atoms with E-state index in [0.29, 0.717) is 11.3 Å². The Morgan fingerprint density at radius 2 is 1.95 bits per heavy atom. The average Bonchev–Trinajstić information content (AvgIpc) is 2.41. The zero-order valence-corrected chi connectivity index (χ0v) is 13.3. The zero-order valence-electron chi connectivity index (χ0n) is 12.5. The second kappa shape index (κ2) is 7.14. The van der Waals surface area contributed by atoms with Crippen molar-refractivity contribution in [3.05, 3.63) is 24.3 Å². The predicted octanol–water partition coefficient (Wildman–Crippen LogP) is 3.51. The summed E-state index contributed by atoms with van der Waals surface area (Å²) < 4.78 is 0. The zero-order chi connectivity index (χ0) is 14.5. The number of rotatable bonds is 4. The largest absolute Gasteiger partial charge is 0.326 e. The molecule has 0 heterocycles. The highest BCUT2D eigenvalue weighted by molar-refractivity contribution is 8.00. The quantitative estimate of drug-likeness (QED) is 0.892. The van der Waals surface area contributed by atoms with Crippen LogP contribution in [0.15, 0.2) is 29.2 Å². The van der Waals surface area contributed by atoms with Crippen molar-refractivity contribution >= 4 is 23.4 Å². The van der Waals surface area contributed by atoms with E-state index in [1.165, 1.54) is 31.1 Å². The molecule has 0 radical (unpaired) electrons. The summed E-state index contributed by atoms with van der Waals surface area (Å²) >= 11 is 1.95. The third kappa shape index (κ3) is 4.25. The monoisotopic (exact) mass is 292 g/mol. The molecule has 0 aliphatic heterocycles. The van der Waals surface area contributed by atoms with Gasteiger partial charge in [-0.1, -0.05) is 6.92 Å². The lowest BCUT2D eigenvalue weighted by atomic mass is 9.87. The Balaban J connectivity index is 1.99. The summed E-state index contributed by atoms with van der Waals surface area (Å²) in [6, 6.07) is 8.75. The number of carbonyl (C=O) groups is 1. The predicted molar refractivity (Wildman–Crippen MR) is 86.3 cm³/mol. The van der Waals surface area contributed by atoms with Gasteiger partial charge in [-0.25, -0.2) is 0 Å². The summed E-state index contributed by atoms with van der Waals surface area (Å²) in [5.74, 6) is 0.789. The number of thioether (sulfide) groups is 1. The molecule has 0 spiro atoms. The van der Waals surface area contributed by atoms with Gasteiger partial charge in [-0.3, -0.25) is 4.79 Å². The summed E-state index contributed by atoms with van der Waals surface area (Å²) in [5, 5.41) is 6.89. The van der Waals surface area contributed by atoms with E-state index < -0.39 is 0 Å². The van der Waals surface area contributed by atoms with E-state index in [9.17, 15) is 4.79 Å². The van der Waals surface area contributed by atoms with Crippen LogP contribution in [0.5, 0.6) is 0 Å². The van der Waals surface area contributed by atoms with Crippen LogP contribution in [0.2, 0.25) is 0 Å². The fraction of sp³-hybridized carbons (Fsp3) is 0.562. The number of nitrogens with one attached hydrogen (secondary N) is 2. The molecule has 20 heavy (non-hydrogen) atoms. The van der Waals surface area contributed by atoms with Crippen molar-refractivity contribution < 1.29 is 4.79 Å². The molecule has 3 nitrogen and oxygen atoms in total. The number of amides is 1. The molecule has 3 atom stereocenters. The second-order valence-electron chi connectivity index (χ2n) is 5.68. The van der Waals surface area contributed by atoms with Crippen molar-refractivity contribution in [1.82, 2.24) is 5.32 Å². The van der Waals surface area contributed by atoms with Gasteiger partial charge < -0.3 is 10.6 Å². The second-order valence-corrected chi connectivity index (χ2v) is 6.99. The Hall–Kier alpha value is -1.00. The van der Waals surface area contributed by atoms with E-state index in [2.05, 4.69) is 36.7 Å². The minimum Gasteiger partial charge on any atom is -0.326 e.